The van der Waals surface area contributed by atoms with E-state index in [0.717, 1.165) is 23.7 Å². The SMILES string of the molecule is CCCCCC1CCC(C23CCC(C#Cc4ccc(CCCC)cc4)(CC2)CC3)CC1.CCCCc1ccc(C#CC23CCC(C4CCC(CCCC)CC4)(CC2)CC3)cc1. The molecule has 2 aromatic carbocycles. The minimum absolute atomic E-state index is 0.333. The molecule has 0 spiro atoms. The lowest BCUT2D eigenvalue weighted by molar-refractivity contribution is -0.0379. The van der Waals surface area contributed by atoms with E-state index < -0.39 is 0 Å². The minimum Gasteiger partial charge on any atom is -0.0911 e. The van der Waals surface area contributed by atoms with E-state index in [1.54, 1.807) is 0 Å². The van der Waals surface area contributed by atoms with Gasteiger partial charge in [0.05, 0.1) is 0 Å². The van der Waals surface area contributed by atoms with Crippen LogP contribution >= 0.6 is 0 Å². The molecule has 8 aliphatic rings. The van der Waals surface area contributed by atoms with E-state index in [4.69, 9.17) is 0 Å². The second-order valence-corrected chi connectivity index (χ2v) is 22.5. The normalized spacial score (nSPS) is 32.8. The van der Waals surface area contributed by atoms with Crippen molar-refractivity contribution >= 4 is 0 Å². The summed E-state index contributed by atoms with van der Waals surface area (Å²) < 4.78 is 0. The summed E-state index contributed by atoms with van der Waals surface area (Å²) >= 11 is 0. The van der Waals surface area contributed by atoms with Gasteiger partial charge < -0.3 is 0 Å². The van der Waals surface area contributed by atoms with Crippen molar-refractivity contribution in [3.63, 3.8) is 0 Å². The molecule has 0 aromatic heterocycles. The number of fused-ring (bicyclic) bond motifs is 6. The fourth-order valence-corrected chi connectivity index (χ4v) is 14.0. The number of unbranched alkanes of at least 4 members (excludes halogenated alkanes) is 5. The van der Waals surface area contributed by atoms with Crippen LogP contribution in [0.3, 0.4) is 0 Å². The van der Waals surface area contributed by atoms with E-state index in [1.807, 2.05) is 0 Å². The molecule has 10 rings (SSSR count). The third kappa shape index (κ3) is 12.2. The van der Waals surface area contributed by atoms with Crippen LogP contribution in [0.2, 0.25) is 0 Å². The molecule has 0 heteroatoms. The quantitative estimate of drug-likeness (QED) is 0.124. The van der Waals surface area contributed by atoms with Gasteiger partial charge >= 0.3 is 0 Å². The Labute approximate surface area is 377 Å². The zero-order valence-electron chi connectivity index (χ0n) is 40.3. The average molecular weight is 823 g/mol. The van der Waals surface area contributed by atoms with Gasteiger partial charge in [-0.2, -0.15) is 0 Å². The van der Waals surface area contributed by atoms with Crippen molar-refractivity contribution in [3.05, 3.63) is 70.8 Å². The van der Waals surface area contributed by atoms with Crippen LogP contribution in [0.4, 0.5) is 0 Å². The molecule has 0 unspecified atom stereocenters. The van der Waals surface area contributed by atoms with E-state index in [2.05, 4.69) is 99.9 Å². The molecular weight excluding hydrogens is 733 g/mol. The van der Waals surface area contributed by atoms with Gasteiger partial charge in [0.2, 0.25) is 0 Å². The lowest BCUT2D eigenvalue weighted by Gasteiger charge is -2.56. The molecule has 334 valence electrons. The fraction of sp³-hybridized carbons (Fsp3) is 0.738. The molecule has 2 aromatic rings. The largest absolute Gasteiger partial charge is 0.0911 e. The van der Waals surface area contributed by atoms with Gasteiger partial charge in [0.1, 0.15) is 0 Å². The van der Waals surface area contributed by atoms with Gasteiger partial charge in [0.15, 0.2) is 0 Å². The van der Waals surface area contributed by atoms with Gasteiger partial charge in [0, 0.05) is 22.0 Å². The lowest BCUT2D eigenvalue weighted by Crippen LogP contribution is -2.45. The molecule has 61 heavy (non-hydrogen) atoms. The Morgan fingerprint density at radius 3 is 1.08 bits per heavy atom. The number of rotatable bonds is 15. The van der Waals surface area contributed by atoms with Gasteiger partial charge in [-0.3, -0.25) is 0 Å². The van der Waals surface area contributed by atoms with Gasteiger partial charge in [-0.1, -0.05) is 159 Å². The molecule has 8 aliphatic carbocycles. The van der Waals surface area contributed by atoms with Crippen LogP contribution in [-0.4, -0.2) is 0 Å². The van der Waals surface area contributed by atoms with Crippen molar-refractivity contribution in [1.82, 2.24) is 0 Å². The fourth-order valence-electron chi connectivity index (χ4n) is 14.0. The molecule has 0 aliphatic heterocycles. The van der Waals surface area contributed by atoms with Crippen LogP contribution in [-0.2, 0) is 12.8 Å². The van der Waals surface area contributed by atoms with Crippen LogP contribution < -0.4 is 0 Å². The molecule has 8 saturated carbocycles. The van der Waals surface area contributed by atoms with Gasteiger partial charge in [-0.25, -0.2) is 0 Å². The molecule has 0 atom stereocenters. The van der Waals surface area contributed by atoms with Crippen molar-refractivity contribution in [3.8, 4) is 23.7 Å². The third-order valence-electron chi connectivity index (χ3n) is 18.7. The Bertz CT molecular complexity index is 1670. The first-order valence-corrected chi connectivity index (χ1v) is 27.1. The van der Waals surface area contributed by atoms with E-state index in [1.165, 1.54) is 234 Å². The van der Waals surface area contributed by atoms with Crippen molar-refractivity contribution in [1.29, 1.82) is 0 Å². The molecule has 4 bridgehead atoms. The highest BCUT2D eigenvalue weighted by atomic mass is 14.6. The number of benzene rings is 2. The van der Waals surface area contributed by atoms with E-state index >= 15 is 0 Å². The summed E-state index contributed by atoms with van der Waals surface area (Å²) in [6.45, 7) is 9.20. The second-order valence-electron chi connectivity index (χ2n) is 22.5. The van der Waals surface area contributed by atoms with Crippen LogP contribution in [0.5, 0.6) is 0 Å². The van der Waals surface area contributed by atoms with Crippen LogP contribution in [0, 0.1) is 69.0 Å². The standard InChI is InChI=1S/C31H46.C30H44/c1-3-5-7-9-27-14-16-29(17-15-27)31-23-20-30(21-24-31,22-25-31)19-18-28-12-10-26(11-13-28)8-6-4-2;1-3-5-7-25-9-11-27(12-10-25)17-18-29-19-22-30(23-20-29,24-21-29)28-15-13-26(14-16-28)8-6-4-2/h10-13,27,29H,3-9,14-17,20-25H2,1-2H3;9-12,26,28H,3-8,13-16,19-24H2,1-2H3. The summed E-state index contributed by atoms with van der Waals surface area (Å²) in [5, 5.41) is 0. The second kappa shape index (κ2) is 22.5. The van der Waals surface area contributed by atoms with Gasteiger partial charge in [-0.05, 0) is 198 Å². The number of hydrogen-bond donors (Lipinski definition) is 0. The van der Waals surface area contributed by atoms with E-state index in [0.29, 0.717) is 21.7 Å². The summed E-state index contributed by atoms with van der Waals surface area (Å²) in [6, 6.07) is 18.2. The Balaban J connectivity index is 0.000000184. The molecule has 0 amide bonds. The predicted molar refractivity (Wildman–Crippen MR) is 264 cm³/mol. The molecule has 0 nitrogen and oxygen atoms in total. The smallest absolute Gasteiger partial charge is 0.0319 e. The summed E-state index contributed by atoms with van der Waals surface area (Å²) in [4.78, 5) is 0. The Morgan fingerprint density at radius 2 is 0.738 bits per heavy atom. The summed E-state index contributed by atoms with van der Waals surface area (Å²) in [5.74, 6) is 18.9. The van der Waals surface area contributed by atoms with Gasteiger partial charge in [-0.15, -0.1) is 0 Å². The number of aryl methyl sites for hydroxylation is 2. The zero-order chi connectivity index (χ0) is 42.4. The molecule has 8 fully saturated rings. The maximum atomic E-state index is 3.81. The van der Waals surface area contributed by atoms with Crippen LogP contribution in [0.25, 0.3) is 0 Å². The minimum atomic E-state index is 0.333. The molecule has 0 heterocycles. The Morgan fingerprint density at radius 1 is 0.393 bits per heavy atom. The molecule has 0 N–H and O–H groups in total. The molecule has 0 radical (unpaired) electrons. The Hall–Kier alpha value is -2.44. The monoisotopic (exact) mass is 823 g/mol. The maximum absolute atomic E-state index is 3.81. The van der Waals surface area contributed by atoms with E-state index in [9.17, 15) is 0 Å². The third-order valence-corrected chi connectivity index (χ3v) is 18.7. The first-order valence-electron chi connectivity index (χ1n) is 27.1. The van der Waals surface area contributed by atoms with Crippen molar-refractivity contribution < 1.29 is 0 Å². The summed E-state index contributed by atoms with van der Waals surface area (Å²) in [7, 11) is 0. The highest BCUT2D eigenvalue weighted by Crippen LogP contribution is 2.63. The van der Waals surface area contributed by atoms with Crippen molar-refractivity contribution in [2.24, 2.45) is 45.3 Å². The zero-order valence-corrected chi connectivity index (χ0v) is 40.3. The van der Waals surface area contributed by atoms with Crippen LogP contribution in [0.15, 0.2) is 48.5 Å². The maximum Gasteiger partial charge on any atom is 0.0319 e. The predicted octanol–water partition coefficient (Wildman–Crippen LogP) is 17.8. The highest BCUT2D eigenvalue weighted by Gasteiger charge is 2.53. The summed E-state index contributed by atoms with van der Waals surface area (Å²) in [6.07, 6.45) is 46.8. The first-order chi connectivity index (χ1) is 29.8. The Kier molecular flexibility index (Phi) is 17.1. The summed E-state index contributed by atoms with van der Waals surface area (Å²) in [5.41, 5.74) is 7.42. The van der Waals surface area contributed by atoms with Crippen LogP contribution in [0.1, 0.15) is 249 Å². The molecular formula is C61H90. The van der Waals surface area contributed by atoms with Crippen molar-refractivity contribution in [2.75, 3.05) is 0 Å². The number of hydrogen-bond acceptors (Lipinski definition) is 0. The highest BCUT2D eigenvalue weighted by molar-refractivity contribution is 5.39. The van der Waals surface area contributed by atoms with Crippen molar-refractivity contribution in [2.45, 2.75) is 240 Å². The average Bonchev–Trinajstić information content (AvgIpc) is 3.33. The lowest BCUT2D eigenvalue weighted by atomic mass is 9.48. The van der Waals surface area contributed by atoms with E-state index in [-0.39, 0.29) is 0 Å². The first kappa shape index (κ1) is 46.5. The molecule has 0 saturated heterocycles. The van der Waals surface area contributed by atoms with Gasteiger partial charge in [0.25, 0.3) is 0 Å². The topological polar surface area (TPSA) is 0 Å².